The number of nitrogens with one attached hydrogen (secondary N) is 2. The molecule has 0 saturated carbocycles. The van der Waals surface area contributed by atoms with Gasteiger partial charge in [-0.05, 0) is 72.8 Å². The number of aromatic nitrogens is 1. The third-order valence-corrected chi connectivity index (χ3v) is 7.22. The topological polar surface area (TPSA) is 51.4 Å². The molecule has 2 heterocycles. The molecule has 0 fully saturated rings. The summed E-state index contributed by atoms with van der Waals surface area (Å²) >= 11 is 1.56. The first-order valence-electron chi connectivity index (χ1n) is 12.4. The molecule has 1 atom stereocenters. The highest BCUT2D eigenvalue weighted by Crippen LogP contribution is 2.33. The molecule has 4 rings (SSSR count). The normalized spacial score (nSPS) is 15.8. The summed E-state index contributed by atoms with van der Waals surface area (Å²) < 4.78 is 1.77. The van der Waals surface area contributed by atoms with E-state index in [1.54, 1.807) is 16.3 Å². The van der Waals surface area contributed by atoms with Gasteiger partial charge >= 0.3 is 6.03 Å². The van der Waals surface area contributed by atoms with E-state index in [9.17, 15) is 4.79 Å². The van der Waals surface area contributed by atoms with E-state index in [0.29, 0.717) is 11.8 Å². The third-order valence-electron chi connectivity index (χ3n) is 6.11. The van der Waals surface area contributed by atoms with Crippen molar-refractivity contribution in [3.63, 3.8) is 0 Å². The highest BCUT2D eigenvalue weighted by Gasteiger charge is 2.20. The molecule has 6 heteroatoms. The lowest BCUT2D eigenvalue weighted by molar-refractivity contribution is 0.260. The lowest BCUT2D eigenvalue weighted by atomic mass is 9.92. The average molecular weight is 477 g/mol. The number of amides is 2. The maximum absolute atomic E-state index is 13.3. The minimum absolute atomic E-state index is 0.120. The van der Waals surface area contributed by atoms with Crippen LogP contribution in [0.15, 0.2) is 67.0 Å². The minimum atomic E-state index is -0.120. The number of benzene rings is 2. The first-order chi connectivity index (χ1) is 16.5. The number of anilines is 2. The van der Waals surface area contributed by atoms with Crippen LogP contribution in [0.1, 0.15) is 51.5 Å². The number of para-hydroxylation sites is 1. The number of aromatic amines is 1. The number of carbonyl (C=O) groups excluding carboxylic acids is 1. The van der Waals surface area contributed by atoms with Gasteiger partial charge in [-0.1, -0.05) is 51.5 Å². The monoisotopic (exact) mass is 476 g/mol. The van der Waals surface area contributed by atoms with Gasteiger partial charge in [-0.3, -0.25) is 0 Å². The molecule has 2 amide bonds. The molecule has 34 heavy (non-hydrogen) atoms. The quantitative estimate of drug-likeness (QED) is 0.247. The fourth-order valence-electron chi connectivity index (χ4n) is 4.40. The number of rotatable bonds is 9. The summed E-state index contributed by atoms with van der Waals surface area (Å²) in [5, 5.41) is 4.31. The number of carbonyl (C=O) groups is 1. The number of nitrogens with zero attached hydrogens (tertiary/aromatic N) is 2. The number of urea groups is 1. The molecule has 2 aromatic carbocycles. The Balaban J connectivity index is 1.51. The number of hydrogen-bond acceptors (Lipinski definition) is 3. The molecule has 180 valence electrons. The van der Waals surface area contributed by atoms with Crippen LogP contribution >= 0.6 is 11.9 Å². The van der Waals surface area contributed by atoms with Crippen LogP contribution in [0.4, 0.5) is 16.2 Å². The van der Waals surface area contributed by atoms with Crippen LogP contribution in [0.3, 0.4) is 0 Å². The zero-order valence-electron chi connectivity index (χ0n) is 20.5. The van der Waals surface area contributed by atoms with Crippen LogP contribution in [0, 0.1) is 5.92 Å². The molecule has 5 nitrogen and oxygen atoms in total. The Hall–Kier alpha value is -2.86. The Morgan fingerprint density at radius 1 is 1.24 bits per heavy atom. The van der Waals surface area contributed by atoms with E-state index in [0.717, 1.165) is 55.0 Å². The lowest BCUT2D eigenvalue weighted by Gasteiger charge is -2.29. The van der Waals surface area contributed by atoms with Crippen LogP contribution in [0.5, 0.6) is 0 Å². The summed E-state index contributed by atoms with van der Waals surface area (Å²) in [7, 11) is 0. The Bertz CT molecular complexity index is 1110. The van der Waals surface area contributed by atoms with Crippen LogP contribution in [-0.2, 0) is 0 Å². The summed E-state index contributed by atoms with van der Waals surface area (Å²) in [5.74, 6) is 1.95. The van der Waals surface area contributed by atoms with Crippen molar-refractivity contribution in [2.24, 2.45) is 5.92 Å². The number of fused-ring (bicyclic) bond motifs is 1. The van der Waals surface area contributed by atoms with E-state index in [-0.39, 0.29) is 6.03 Å². The maximum Gasteiger partial charge on any atom is 0.336 e. The van der Waals surface area contributed by atoms with Crippen molar-refractivity contribution in [3.8, 4) is 0 Å². The zero-order chi connectivity index (χ0) is 23.9. The van der Waals surface area contributed by atoms with Gasteiger partial charge in [0.15, 0.2) is 0 Å². The predicted octanol–water partition coefficient (Wildman–Crippen LogP) is 7.61. The van der Waals surface area contributed by atoms with Gasteiger partial charge in [-0.25, -0.2) is 9.10 Å². The maximum atomic E-state index is 13.3. The molecular weight excluding hydrogens is 440 g/mol. The second-order valence-electron chi connectivity index (χ2n) is 9.38. The van der Waals surface area contributed by atoms with Crippen molar-refractivity contribution in [1.82, 2.24) is 9.88 Å². The molecule has 0 spiro atoms. The number of unbranched alkanes of at least 4 members (excludes halogenated alkanes) is 1. The Labute approximate surface area is 207 Å². The van der Waals surface area contributed by atoms with Gasteiger partial charge in [0.25, 0.3) is 0 Å². The number of hydrogen-bond donors (Lipinski definition) is 2. The van der Waals surface area contributed by atoms with Gasteiger partial charge in [-0.15, -0.1) is 0 Å². The van der Waals surface area contributed by atoms with Gasteiger partial charge in [0.05, 0.1) is 5.69 Å². The van der Waals surface area contributed by atoms with Crippen molar-refractivity contribution in [2.75, 3.05) is 28.5 Å². The zero-order valence-corrected chi connectivity index (χ0v) is 21.3. The van der Waals surface area contributed by atoms with Gasteiger partial charge in [-0.2, -0.15) is 0 Å². The molecule has 3 aromatic rings. The van der Waals surface area contributed by atoms with Gasteiger partial charge in [0.1, 0.15) is 0 Å². The summed E-state index contributed by atoms with van der Waals surface area (Å²) in [6.45, 7) is 8.86. The Kier molecular flexibility index (Phi) is 8.22. The van der Waals surface area contributed by atoms with E-state index in [1.807, 2.05) is 36.4 Å². The summed E-state index contributed by atoms with van der Waals surface area (Å²) in [4.78, 5) is 19.1. The standard InChI is InChI=1S/C28H36N4OS/c1-4-5-17-34-32(24-9-7-6-8-10-24)28(33)30-23-11-12-27-25(18-23)26(19-29-27)22-13-15-31(16-14-22)20-21(2)3/h6-13,15,18-19,21-22,29H,4-5,14,16-17,20H2,1-3H3,(H,30,33). The number of H-pyrrole nitrogens is 1. The van der Waals surface area contributed by atoms with Gasteiger partial charge < -0.3 is 15.2 Å². The van der Waals surface area contributed by atoms with Crippen molar-refractivity contribution >= 4 is 40.3 Å². The molecular formula is C28H36N4OS. The third kappa shape index (κ3) is 5.98. The minimum Gasteiger partial charge on any atom is -0.377 e. The molecule has 2 N–H and O–H groups in total. The lowest BCUT2D eigenvalue weighted by Crippen LogP contribution is -2.29. The van der Waals surface area contributed by atoms with E-state index < -0.39 is 0 Å². The van der Waals surface area contributed by atoms with Gasteiger partial charge in [0, 0.05) is 47.5 Å². The predicted molar refractivity (Wildman–Crippen MR) is 147 cm³/mol. The summed E-state index contributed by atoms with van der Waals surface area (Å²) in [6, 6.07) is 15.9. The van der Waals surface area contributed by atoms with Crippen molar-refractivity contribution in [1.29, 1.82) is 0 Å². The van der Waals surface area contributed by atoms with E-state index in [1.165, 1.54) is 10.9 Å². The molecule has 1 aliphatic heterocycles. The highest BCUT2D eigenvalue weighted by molar-refractivity contribution is 8.01. The second-order valence-corrected chi connectivity index (χ2v) is 10.4. The van der Waals surface area contributed by atoms with E-state index in [2.05, 4.69) is 66.6 Å². The number of allylic oxidation sites excluding steroid dienone is 1. The first kappa shape index (κ1) is 24.3. The molecule has 0 saturated heterocycles. The molecule has 0 aliphatic carbocycles. The SMILES string of the molecule is CCCCSN(C(=O)Nc1ccc2[nH]cc(C3C=CN(CC(C)C)CC3)c2c1)c1ccccc1. The average Bonchev–Trinajstić information content (AvgIpc) is 3.26. The molecule has 1 aliphatic rings. The largest absolute Gasteiger partial charge is 0.377 e. The molecule has 0 radical (unpaired) electrons. The van der Waals surface area contributed by atoms with Crippen LogP contribution in [0.2, 0.25) is 0 Å². The van der Waals surface area contributed by atoms with Crippen molar-refractivity contribution in [2.45, 2.75) is 46.0 Å². The Morgan fingerprint density at radius 2 is 2.06 bits per heavy atom. The van der Waals surface area contributed by atoms with Crippen LogP contribution in [-0.4, -0.2) is 34.8 Å². The summed E-state index contributed by atoms with van der Waals surface area (Å²) in [5.41, 5.74) is 4.10. The van der Waals surface area contributed by atoms with E-state index >= 15 is 0 Å². The molecule has 1 unspecified atom stereocenters. The van der Waals surface area contributed by atoms with E-state index in [4.69, 9.17) is 0 Å². The first-order valence-corrected chi connectivity index (χ1v) is 13.3. The highest BCUT2D eigenvalue weighted by atomic mass is 32.2. The van der Waals surface area contributed by atoms with Crippen LogP contribution in [0.25, 0.3) is 10.9 Å². The van der Waals surface area contributed by atoms with Crippen molar-refractivity contribution < 1.29 is 4.79 Å². The van der Waals surface area contributed by atoms with Crippen molar-refractivity contribution in [3.05, 3.63) is 72.6 Å². The molecule has 1 aromatic heterocycles. The van der Waals surface area contributed by atoms with Crippen LogP contribution < -0.4 is 9.62 Å². The fourth-order valence-corrected chi connectivity index (χ4v) is 5.43. The fraction of sp³-hybridized carbons (Fsp3) is 0.393. The van der Waals surface area contributed by atoms with Gasteiger partial charge in [0.2, 0.25) is 0 Å². The Morgan fingerprint density at radius 3 is 2.76 bits per heavy atom. The second kappa shape index (κ2) is 11.5. The smallest absolute Gasteiger partial charge is 0.336 e. The summed E-state index contributed by atoms with van der Waals surface area (Å²) in [6.07, 6.45) is 9.98. The molecule has 0 bridgehead atoms.